The highest BCUT2D eigenvalue weighted by Crippen LogP contribution is 2.44. The quantitative estimate of drug-likeness (QED) is 0.209. The van der Waals surface area contributed by atoms with Crippen LogP contribution in [0.1, 0.15) is 170 Å². The Morgan fingerprint density at radius 3 is 1.37 bits per heavy atom. The van der Waals surface area contributed by atoms with Crippen molar-refractivity contribution < 1.29 is 9.13 Å². The van der Waals surface area contributed by atoms with Crippen LogP contribution in [-0.2, 0) is 4.74 Å². The number of alkyl halides is 1. The highest BCUT2D eigenvalue weighted by atomic mass is 35.5. The Morgan fingerprint density at radius 1 is 0.677 bits per heavy atom. The monoisotopic (exact) mass is 907 g/mol. The van der Waals surface area contributed by atoms with Crippen molar-refractivity contribution in [3.8, 4) is 0 Å². The molecule has 0 atom stereocenters. The zero-order valence-corrected chi connectivity index (χ0v) is 44.4. The smallest absolute Gasteiger partial charge is 0.0891 e. The molecule has 0 amide bonds. The minimum atomic E-state index is -0.181. The van der Waals surface area contributed by atoms with Gasteiger partial charge in [0.2, 0.25) is 0 Å². The van der Waals surface area contributed by atoms with Gasteiger partial charge in [0.05, 0.1) is 19.9 Å². The topological polar surface area (TPSA) is 22.2 Å². The molecule has 5 fully saturated rings. The fraction of sp³-hybridized carbons (Fsp3) is 0.704. The number of nitrogens with zero attached hydrogens (tertiary/aromatic N) is 4. The van der Waals surface area contributed by atoms with Crippen molar-refractivity contribution in [2.24, 2.45) is 11.8 Å². The summed E-state index contributed by atoms with van der Waals surface area (Å²) in [6, 6.07) is 13.8. The summed E-state index contributed by atoms with van der Waals surface area (Å²) in [6.07, 6.45) is 7.82. The van der Waals surface area contributed by atoms with Gasteiger partial charge >= 0.3 is 0 Å². The lowest BCUT2D eigenvalue weighted by Crippen LogP contribution is -2.50. The highest BCUT2D eigenvalue weighted by Gasteiger charge is 2.29. The van der Waals surface area contributed by atoms with Gasteiger partial charge in [-0.2, -0.15) is 0 Å². The lowest BCUT2D eigenvalue weighted by Gasteiger charge is -2.39. The summed E-state index contributed by atoms with van der Waals surface area (Å²) in [6.45, 7) is 51.2. The van der Waals surface area contributed by atoms with Gasteiger partial charge in [-0.05, 0) is 96.7 Å². The van der Waals surface area contributed by atoms with Gasteiger partial charge in [0.1, 0.15) is 0 Å². The SMILES string of the molecule is C=CC(=C)Cl.CC.CC.CC.CC.CC.CC(C)c1ccc(N2CCN(CC3CC3)CC2)cc1Cl.CC(C)c1ccc(N2CCN(CC3COC3)CC2)cc1C1CC1.CCCF. The van der Waals surface area contributed by atoms with E-state index in [2.05, 4.69) is 96.9 Å². The Labute approximate surface area is 394 Å². The van der Waals surface area contributed by atoms with Gasteiger partial charge < -0.3 is 14.5 Å². The Bertz CT molecular complexity index is 1370. The zero-order valence-electron chi connectivity index (χ0n) is 42.9. The molecule has 0 bridgehead atoms. The van der Waals surface area contributed by atoms with Crippen LogP contribution in [0, 0.1) is 11.8 Å². The molecule has 5 nitrogen and oxygen atoms in total. The lowest BCUT2D eigenvalue weighted by molar-refractivity contribution is -0.0468. The van der Waals surface area contributed by atoms with Gasteiger partial charge in [0, 0.05) is 92.8 Å². The second-order valence-corrected chi connectivity index (χ2v) is 16.8. The third-order valence-electron chi connectivity index (χ3n) is 10.6. The number of rotatable bonds is 11. The molecule has 0 radical (unpaired) electrons. The molecule has 7 rings (SSSR count). The average Bonchev–Trinajstić information content (AvgIpc) is 4.26. The van der Waals surface area contributed by atoms with E-state index < -0.39 is 0 Å². The highest BCUT2D eigenvalue weighted by molar-refractivity contribution is 6.31. The van der Waals surface area contributed by atoms with Crippen molar-refractivity contribution in [2.75, 3.05) is 95.1 Å². The van der Waals surface area contributed by atoms with E-state index in [0.717, 1.165) is 49.1 Å². The zero-order chi connectivity index (χ0) is 47.6. The van der Waals surface area contributed by atoms with Crippen LogP contribution in [-0.4, -0.2) is 95.1 Å². The Hall–Kier alpha value is -2.09. The molecule has 62 heavy (non-hydrogen) atoms. The molecule has 8 heteroatoms. The summed E-state index contributed by atoms with van der Waals surface area (Å²) >= 11 is 11.6. The van der Waals surface area contributed by atoms with E-state index in [9.17, 15) is 4.39 Å². The summed E-state index contributed by atoms with van der Waals surface area (Å²) in [4.78, 5) is 10.3. The van der Waals surface area contributed by atoms with Crippen molar-refractivity contribution in [3.63, 3.8) is 0 Å². The van der Waals surface area contributed by atoms with Crippen LogP contribution in [0.4, 0.5) is 15.8 Å². The number of benzene rings is 2. The van der Waals surface area contributed by atoms with Crippen LogP contribution >= 0.6 is 23.2 Å². The number of ether oxygens (including phenoxy) is 1. The predicted molar refractivity (Wildman–Crippen MR) is 281 cm³/mol. The van der Waals surface area contributed by atoms with E-state index in [1.54, 1.807) is 18.1 Å². The molecule has 2 saturated carbocycles. The van der Waals surface area contributed by atoms with E-state index in [1.165, 1.54) is 101 Å². The van der Waals surface area contributed by atoms with E-state index in [-0.39, 0.29) is 6.67 Å². The molecular weight excluding hydrogens is 811 g/mol. The maximum atomic E-state index is 10.7. The van der Waals surface area contributed by atoms with Crippen LogP contribution in [0.15, 0.2) is 60.7 Å². The van der Waals surface area contributed by atoms with Crippen molar-refractivity contribution >= 4 is 34.6 Å². The van der Waals surface area contributed by atoms with Crippen LogP contribution in [0.25, 0.3) is 0 Å². The summed E-state index contributed by atoms with van der Waals surface area (Å²) in [5.41, 5.74) is 7.18. The van der Waals surface area contributed by atoms with Crippen LogP contribution in [0.2, 0.25) is 5.02 Å². The maximum absolute atomic E-state index is 10.7. The summed E-state index contributed by atoms with van der Waals surface area (Å²) in [7, 11) is 0. The molecule has 3 saturated heterocycles. The van der Waals surface area contributed by atoms with E-state index in [1.807, 2.05) is 69.2 Å². The maximum Gasteiger partial charge on any atom is 0.0891 e. The Balaban J connectivity index is 0. The lowest BCUT2D eigenvalue weighted by atomic mass is 9.93. The van der Waals surface area contributed by atoms with Crippen LogP contribution in [0.3, 0.4) is 0 Å². The number of allylic oxidation sites excluding steroid dienone is 2. The van der Waals surface area contributed by atoms with Gasteiger partial charge in [-0.3, -0.25) is 14.2 Å². The summed E-state index contributed by atoms with van der Waals surface area (Å²) < 4.78 is 16.0. The number of anilines is 2. The van der Waals surface area contributed by atoms with E-state index in [4.69, 9.17) is 27.9 Å². The molecule has 0 spiro atoms. The minimum Gasteiger partial charge on any atom is -0.381 e. The second kappa shape index (κ2) is 38.2. The van der Waals surface area contributed by atoms with Gasteiger partial charge in [-0.15, -0.1) is 0 Å². The molecule has 3 heterocycles. The number of hydrogen-bond donors (Lipinski definition) is 0. The molecule has 360 valence electrons. The van der Waals surface area contributed by atoms with Crippen LogP contribution in [0.5, 0.6) is 0 Å². The first-order valence-electron chi connectivity index (χ1n) is 25.0. The normalized spacial score (nSPS) is 16.8. The molecule has 5 aliphatic rings. The molecule has 2 aromatic rings. The number of hydrogen-bond acceptors (Lipinski definition) is 5. The van der Waals surface area contributed by atoms with E-state index >= 15 is 0 Å². The number of piperazine rings is 2. The fourth-order valence-electron chi connectivity index (χ4n) is 7.01. The molecule has 0 aromatic heterocycles. The predicted octanol–water partition coefficient (Wildman–Crippen LogP) is 15.9. The van der Waals surface area contributed by atoms with Crippen molar-refractivity contribution in [3.05, 3.63) is 82.4 Å². The average molecular weight is 908 g/mol. The second-order valence-electron chi connectivity index (χ2n) is 15.9. The molecular formula is C54H97Cl2FN4O. The molecule has 2 aliphatic carbocycles. The largest absolute Gasteiger partial charge is 0.381 e. The number of halogens is 3. The molecule has 0 N–H and O–H groups in total. The van der Waals surface area contributed by atoms with Crippen LogP contribution < -0.4 is 9.80 Å². The third kappa shape index (κ3) is 24.8. The van der Waals surface area contributed by atoms with Crippen molar-refractivity contribution in [1.82, 2.24) is 9.80 Å². The Morgan fingerprint density at radius 2 is 1.06 bits per heavy atom. The first-order valence-corrected chi connectivity index (χ1v) is 25.8. The molecule has 2 aromatic carbocycles. The summed E-state index contributed by atoms with van der Waals surface area (Å²) in [5.74, 6) is 3.76. The Kier molecular flexibility index (Phi) is 38.2. The minimum absolute atomic E-state index is 0.181. The van der Waals surface area contributed by atoms with Crippen molar-refractivity contribution in [1.29, 1.82) is 0 Å². The van der Waals surface area contributed by atoms with Gasteiger partial charge in [-0.25, -0.2) is 0 Å². The first-order chi connectivity index (χ1) is 30.0. The van der Waals surface area contributed by atoms with Gasteiger partial charge in [-0.1, -0.05) is 158 Å². The molecule has 0 unspecified atom stereocenters. The standard InChI is InChI=1S/C20H30N2O.C17H25ClN2.C4H5Cl.C3H7F.5C2H6/c1-15(2)19-6-5-18(11-20(19)17-3-4-17)22-9-7-21(8-10-22)12-16-13-23-14-16;1-13(2)16-6-5-15(11-17(16)18)20-9-7-19(8-10-20)12-14-3-4-14;1-3-4(2)5;1-2-3-4;5*1-2/h5-6,11,15-17H,3-4,7-10,12-14H2,1-2H3;5-6,11,13-14H,3-4,7-10,12H2,1-2H3;3H,1-2H2;2-3H2,1H3;5*1-2H3. The van der Waals surface area contributed by atoms with Gasteiger partial charge in [0.25, 0.3) is 0 Å². The van der Waals surface area contributed by atoms with Gasteiger partial charge in [0.15, 0.2) is 0 Å². The fourth-order valence-corrected chi connectivity index (χ4v) is 7.40. The third-order valence-corrected chi connectivity index (χ3v) is 11.1. The first kappa shape index (κ1) is 62.0. The summed E-state index contributed by atoms with van der Waals surface area (Å²) in [5, 5.41) is 1.41. The molecule has 3 aliphatic heterocycles. The van der Waals surface area contributed by atoms with Crippen molar-refractivity contribution in [2.45, 2.75) is 154 Å². The van der Waals surface area contributed by atoms with E-state index in [0.29, 0.717) is 23.3 Å².